The van der Waals surface area contributed by atoms with Crippen molar-refractivity contribution in [3.8, 4) is 0 Å². The van der Waals surface area contributed by atoms with Crippen molar-refractivity contribution >= 4 is 29.8 Å². The lowest BCUT2D eigenvalue weighted by Gasteiger charge is -2.03. The first kappa shape index (κ1) is 15.3. The highest BCUT2D eigenvalue weighted by Crippen LogP contribution is 2.14. The monoisotopic (exact) mass is 280 g/mol. The van der Waals surface area contributed by atoms with Crippen LogP contribution in [0.3, 0.4) is 0 Å². The normalized spacial score (nSPS) is 10.6. The molecule has 0 unspecified atom stereocenters. The molecule has 0 aliphatic heterocycles. The van der Waals surface area contributed by atoms with Gasteiger partial charge in [0.25, 0.3) is 0 Å². The maximum Gasteiger partial charge on any atom is 0.328 e. The Balaban J connectivity index is 2.40. The van der Waals surface area contributed by atoms with Crippen LogP contribution in [-0.2, 0) is 20.1 Å². The van der Waals surface area contributed by atoms with Gasteiger partial charge in [0.15, 0.2) is 0 Å². The molecule has 0 atom stereocenters. The number of carbonyl (C=O) groups is 2. The zero-order valence-corrected chi connectivity index (χ0v) is 11.5. The molecule has 5 heteroatoms. The van der Waals surface area contributed by atoms with Crippen molar-refractivity contribution in [2.75, 3.05) is 12.4 Å². The van der Waals surface area contributed by atoms with Crippen LogP contribution in [0.25, 0.3) is 6.08 Å². The molecule has 0 spiro atoms. The molecule has 0 saturated carbocycles. The number of carboxylic acid groups (broad SMARTS) is 1. The number of carbonyl (C=O) groups excluding carboxylic acids is 1. The number of thioether (sulfide) groups is 1. The summed E-state index contributed by atoms with van der Waals surface area (Å²) in [5.41, 5.74) is 1.92. The van der Waals surface area contributed by atoms with E-state index in [1.165, 1.54) is 17.8 Å². The Labute approximate surface area is 116 Å². The molecule has 0 amide bonds. The summed E-state index contributed by atoms with van der Waals surface area (Å²) in [5.74, 6) is -0.0986. The van der Waals surface area contributed by atoms with Crippen LogP contribution >= 0.6 is 11.8 Å². The maximum atomic E-state index is 11.1. The number of ether oxygens (including phenoxy) is 1. The molecule has 0 aromatic heterocycles. The third kappa shape index (κ3) is 6.67. The summed E-state index contributed by atoms with van der Waals surface area (Å²) in [4.78, 5) is 21.5. The van der Waals surface area contributed by atoms with Crippen molar-refractivity contribution < 1.29 is 19.4 Å². The highest BCUT2D eigenvalue weighted by Gasteiger charge is 2.01. The molecule has 1 aromatic carbocycles. The van der Waals surface area contributed by atoms with E-state index in [1.807, 2.05) is 24.3 Å². The molecule has 0 aliphatic carbocycles. The van der Waals surface area contributed by atoms with Crippen molar-refractivity contribution in [1.82, 2.24) is 0 Å². The second-order valence-corrected chi connectivity index (χ2v) is 4.70. The van der Waals surface area contributed by atoms with Crippen LogP contribution in [-0.4, -0.2) is 29.4 Å². The summed E-state index contributed by atoms with van der Waals surface area (Å²) in [6, 6.07) is 7.53. The smallest absolute Gasteiger partial charge is 0.328 e. The minimum Gasteiger partial charge on any atom is -0.478 e. The van der Waals surface area contributed by atoms with Crippen LogP contribution in [0, 0.1) is 0 Å². The van der Waals surface area contributed by atoms with Crippen LogP contribution < -0.4 is 0 Å². The van der Waals surface area contributed by atoms with Gasteiger partial charge in [-0.05, 0) is 24.1 Å². The Hall–Kier alpha value is -1.75. The van der Waals surface area contributed by atoms with Gasteiger partial charge in [0.2, 0.25) is 0 Å². The molecular weight excluding hydrogens is 264 g/mol. The van der Waals surface area contributed by atoms with E-state index in [2.05, 4.69) is 0 Å². The second kappa shape index (κ2) is 8.37. The molecule has 0 saturated heterocycles. The first-order valence-electron chi connectivity index (χ1n) is 5.85. The van der Waals surface area contributed by atoms with E-state index in [4.69, 9.17) is 9.84 Å². The van der Waals surface area contributed by atoms with E-state index >= 15 is 0 Å². The maximum absolute atomic E-state index is 11.1. The van der Waals surface area contributed by atoms with Crippen LogP contribution in [0.5, 0.6) is 0 Å². The predicted molar refractivity (Wildman–Crippen MR) is 75.9 cm³/mol. The zero-order chi connectivity index (χ0) is 14.1. The van der Waals surface area contributed by atoms with Crippen molar-refractivity contribution in [3.05, 3.63) is 41.5 Å². The Morgan fingerprint density at radius 3 is 2.58 bits per heavy atom. The van der Waals surface area contributed by atoms with Crippen molar-refractivity contribution in [1.29, 1.82) is 0 Å². The topological polar surface area (TPSA) is 63.6 Å². The van der Waals surface area contributed by atoms with Crippen molar-refractivity contribution in [2.45, 2.75) is 12.7 Å². The molecule has 1 N–H and O–H groups in total. The van der Waals surface area contributed by atoms with Gasteiger partial charge in [0.1, 0.15) is 0 Å². The fourth-order valence-electron chi connectivity index (χ4n) is 1.35. The summed E-state index contributed by atoms with van der Waals surface area (Å²) in [7, 11) is 0. The van der Waals surface area contributed by atoms with E-state index < -0.39 is 5.97 Å². The minimum absolute atomic E-state index is 0.200. The Kier molecular flexibility index (Phi) is 6.74. The number of benzene rings is 1. The average molecular weight is 280 g/mol. The van der Waals surface area contributed by atoms with Gasteiger partial charge >= 0.3 is 11.9 Å². The van der Waals surface area contributed by atoms with Crippen molar-refractivity contribution in [2.24, 2.45) is 0 Å². The number of esters is 1. The molecule has 1 aromatic rings. The number of hydrogen-bond donors (Lipinski definition) is 1. The van der Waals surface area contributed by atoms with Gasteiger partial charge in [0, 0.05) is 11.8 Å². The molecule has 102 valence electrons. The third-order valence-electron chi connectivity index (χ3n) is 2.19. The molecule has 0 bridgehead atoms. The lowest BCUT2D eigenvalue weighted by Crippen LogP contribution is -2.06. The fourth-order valence-corrected chi connectivity index (χ4v) is 2.13. The van der Waals surface area contributed by atoms with E-state index in [9.17, 15) is 9.59 Å². The van der Waals surface area contributed by atoms with Gasteiger partial charge in [0.05, 0.1) is 12.4 Å². The standard InChI is InChI=1S/C14H16O4S/c1-2-18-14(17)10-19-9-12-5-3-11(4-6-12)7-8-13(15)16/h3-8H,2,9-10H2,1H3,(H,15,16). The predicted octanol–water partition coefficient (Wildman–Crippen LogP) is 2.58. The first-order chi connectivity index (χ1) is 9.11. The number of carboxylic acids is 1. The molecule has 0 heterocycles. The lowest BCUT2D eigenvalue weighted by atomic mass is 10.1. The van der Waals surface area contributed by atoms with Gasteiger partial charge in [-0.3, -0.25) is 4.79 Å². The minimum atomic E-state index is -0.964. The van der Waals surface area contributed by atoms with Gasteiger partial charge in [-0.2, -0.15) is 0 Å². The second-order valence-electron chi connectivity index (χ2n) is 3.71. The molecule has 1 rings (SSSR count). The van der Waals surface area contributed by atoms with E-state index in [0.29, 0.717) is 12.4 Å². The molecule has 0 fully saturated rings. The van der Waals surface area contributed by atoms with Crippen LogP contribution in [0.4, 0.5) is 0 Å². The quantitative estimate of drug-likeness (QED) is 0.614. The molecule has 0 aliphatic rings. The zero-order valence-electron chi connectivity index (χ0n) is 10.7. The molecule has 19 heavy (non-hydrogen) atoms. The van der Waals surface area contributed by atoms with Gasteiger partial charge in [-0.25, -0.2) is 4.79 Å². The summed E-state index contributed by atoms with van der Waals surface area (Å²) in [5, 5.41) is 8.51. The van der Waals surface area contributed by atoms with Gasteiger partial charge in [-0.15, -0.1) is 11.8 Å². The van der Waals surface area contributed by atoms with E-state index in [1.54, 1.807) is 6.92 Å². The van der Waals surface area contributed by atoms with Crippen LogP contribution in [0.1, 0.15) is 18.1 Å². The summed E-state index contributed by atoms with van der Waals surface area (Å²) in [6.45, 7) is 2.19. The Morgan fingerprint density at radius 2 is 2.00 bits per heavy atom. The Bertz CT molecular complexity index is 451. The van der Waals surface area contributed by atoms with Crippen molar-refractivity contribution in [3.63, 3.8) is 0 Å². The number of hydrogen-bond acceptors (Lipinski definition) is 4. The SMILES string of the molecule is CCOC(=O)CSCc1ccc(C=CC(=O)O)cc1. The number of aliphatic carboxylic acids is 1. The largest absolute Gasteiger partial charge is 0.478 e. The summed E-state index contributed by atoms with van der Waals surface area (Å²) >= 11 is 1.49. The van der Waals surface area contributed by atoms with E-state index in [0.717, 1.165) is 23.0 Å². The van der Waals surface area contributed by atoms with Crippen LogP contribution in [0.15, 0.2) is 30.3 Å². The third-order valence-corrected chi connectivity index (χ3v) is 3.17. The lowest BCUT2D eigenvalue weighted by molar-refractivity contribution is -0.139. The average Bonchev–Trinajstić information content (AvgIpc) is 2.38. The summed E-state index contributed by atoms with van der Waals surface area (Å²) in [6.07, 6.45) is 2.64. The summed E-state index contributed by atoms with van der Waals surface area (Å²) < 4.78 is 4.83. The highest BCUT2D eigenvalue weighted by atomic mass is 32.2. The fraction of sp³-hybridized carbons (Fsp3) is 0.286. The molecule has 4 nitrogen and oxygen atoms in total. The van der Waals surface area contributed by atoms with Gasteiger partial charge < -0.3 is 9.84 Å². The first-order valence-corrected chi connectivity index (χ1v) is 7.00. The highest BCUT2D eigenvalue weighted by molar-refractivity contribution is 7.99. The number of rotatable bonds is 7. The van der Waals surface area contributed by atoms with E-state index in [-0.39, 0.29) is 5.97 Å². The molecular formula is C14H16O4S. The molecule has 0 radical (unpaired) electrons. The van der Waals surface area contributed by atoms with Gasteiger partial charge in [-0.1, -0.05) is 24.3 Å². The Morgan fingerprint density at radius 1 is 1.32 bits per heavy atom. The van der Waals surface area contributed by atoms with Crippen LogP contribution in [0.2, 0.25) is 0 Å².